The molecule has 0 bridgehead atoms. The van der Waals surface area contributed by atoms with Crippen molar-refractivity contribution in [2.45, 2.75) is 12.5 Å². The van der Waals surface area contributed by atoms with Gasteiger partial charge in [-0.3, -0.25) is 4.79 Å². The molecule has 98 valence electrons. The number of aliphatic hydroxyl groups excluding tert-OH is 1. The number of amides is 1. The van der Waals surface area contributed by atoms with Gasteiger partial charge in [-0.2, -0.15) is 0 Å². The molecule has 0 radical (unpaired) electrons. The first kappa shape index (κ1) is 13.8. The van der Waals surface area contributed by atoms with Gasteiger partial charge in [-0.05, 0) is 12.1 Å². The highest BCUT2D eigenvalue weighted by molar-refractivity contribution is 6.01. The van der Waals surface area contributed by atoms with Crippen LogP contribution in [0.4, 0.5) is 0 Å². The minimum atomic E-state index is -1.31. The zero-order chi connectivity index (χ0) is 13.7. The summed E-state index contributed by atoms with van der Waals surface area (Å²) in [6, 6.07) is 2.43. The Morgan fingerprint density at radius 2 is 1.78 bits per heavy atom. The molecule has 1 aromatic carbocycles. The number of benzene rings is 1. The SMILES string of the molecule is O=C(NC(CCO)C(=O)O)c1c(O)cccc1O. The van der Waals surface area contributed by atoms with Crippen LogP contribution >= 0.6 is 0 Å². The van der Waals surface area contributed by atoms with Crippen molar-refractivity contribution in [3.8, 4) is 11.5 Å². The molecule has 7 nitrogen and oxygen atoms in total. The Kier molecular flexibility index (Phi) is 4.50. The van der Waals surface area contributed by atoms with Gasteiger partial charge in [0.15, 0.2) is 0 Å². The molecule has 1 unspecified atom stereocenters. The quantitative estimate of drug-likeness (QED) is 0.490. The molecule has 1 rings (SSSR count). The number of carboxylic acids is 1. The summed E-state index contributed by atoms with van der Waals surface area (Å²) in [7, 11) is 0. The predicted octanol–water partition coefficient (Wildman–Crippen LogP) is -0.337. The van der Waals surface area contributed by atoms with Crippen LogP contribution in [0.25, 0.3) is 0 Å². The number of carbonyl (C=O) groups excluding carboxylic acids is 1. The molecular formula is C11H13NO6. The van der Waals surface area contributed by atoms with Gasteiger partial charge in [-0.1, -0.05) is 6.07 Å². The molecular weight excluding hydrogens is 242 g/mol. The first-order chi connectivity index (χ1) is 8.47. The second-order valence-electron chi connectivity index (χ2n) is 3.55. The van der Waals surface area contributed by atoms with Gasteiger partial charge in [-0.15, -0.1) is 0 Å². The first-order valence-electron chi connectivity index (χ1n) is 5.12. The molecule has 0 aliphatic heterocycles. The highest BCUT2D eigenvalue weighted by Crippen LogP contribution is 2.25. The molecule has 1 atom stereocenters. The molecule has 1 amide bonds. The summed E-state index contributed by atoms with van der Waals surface area (Å²) < 4.78 is 0. The van der Waals surface area contributed by atoms with Crippen molar-refractivity contribution in [1.29, 1.82) is 0 Å². The summed E-state index contributed by atoms with van der Waals surface area (Å²) in [5.41, 5.74) is -0.401. The van der Waals surface area contributed by atoms with Crippen LogP contribution in [0, 0.1) is 0 Å². The fourth-order valence-corrected chi connectivity index (χ4v) is 1.38. The topological polar surface area (TPSA) is 127 Å². The van der Waals surface area contributed by atoms with E-state index in [1.165, 1.54) is 18.2 Å². The van der Waals surface area contributed by atoms with Crippen molar-refractivity contribution in [3.05, 3.63) is 23.8 Å². The smallest absolute Gasteiger partial charge is 0.326 e. The van der Waals surface area contributed by atoms with Crippen LogP contribution in [-0.2, 0) is 4.79 Å². The number of aliphatic carboxylic acids is 1. The van der Waals surface area contributed by atoms with Crippen LogP contribution in [0.3, 0.4) is 0 Å². The number of phenolic OH excluding ortho intramolecular Hbond substituents is 2. The molecule has 0 spiro atoms. The number of phenols is 2. The number of aliphatic hydroxyl groups is 1. The lowest BCUT2D eigenvalue weighted by molar-refractivity contribution is -0.139. The molecule has 18 heavy (non-hydrogen) atoms. The number of hydrogen-bond donors (Lipinski definition) is 5. The Hall–Kier alpha value is -2.28. The van der Waals surface area contributed by atoms with Crippen molar-refractivity contribution < 1.29 is 30.0 Å². The number of carboxylic acid groups (broad SMARTS) is 1. The fourth-order valence-electron chi connectivity index (χ4n) is 1.38. The fraction of sp³-hybridized carbons (Fsp3) is 0.273. The van der Waals surface area contributed by atoms with E-state index in [9.17, 15) is 19.8 Å². The van der Waals surface area contributed by atoms with Crippen LogP contribution in [-0.4, -0.2) is 45.0 Å². The van der Waals surface area contributed by atoms with E-state index in [1.54, 1.807) is 0 Å². The van der Waals surface area contributed by atoms with Crippen LogP contribution in [0.2, 0.25) is 0 Å². The third-order valence-electron chi connectivity index (χ3n) is 2.27. The lowest BCUT2D eigenvalue weighted by atomic mass is 10.1. The van der Waals surface area contributed by atoms with Gasteiger partial charge in [0.05, 0.1) is 0 Å². The number of aromatic hydroxyl groups is 2. The highest BCUT2D eigenvalue weighted by Gasteiger charge is 2.23. The Morgan fingerprint density at radius 1 is 1.22 bits per heavy atom. The largest absolute Gasteiger partial charge is 0.507 e. The molecule has 0 aliphatic carbocycles. The monoisotopic (exact) mass is 255 g/mol. The van der Waals surface area contributed by atoms with Crippen LogP contribution in [0.1, 0.15) is 16.8 Å². The lowest BCUT2D eigenvalue weighted by Crippen LogP contribution is -2.41. The third kappa shape index (κ3) is 3.11. The first-order valence-corrected chi connectivity index (χ1v) is 5.12. The van der Waals surface area contributed by atoms with Crippen LogP contribution in [0.15, 0.2) is 18.2 Å². The minimum Gasteiger partial charge on any atom is -0.507 e. The molecule has 7 heteroatoms. The second-order valence-corrected chi connectivity index (χ2v) is 3.55. The van der Waals surface area contributed by atoms with Crippen molar-refractivity contribution in [2.75, 3.05) is 6.61 Å². The lowest BCUT2D eigenvalue weighted by Gasteiger charge is -2.14. The van der Waals surface area contributed by atoms with Gasteiger partial charge in [0.1, 0.15) is 23.1 Å². The molecule has 0 heterocycles. The van der Waals surface area contributed by atoms with E-state index in [0.717, 1.165) is 0 Å². The van der Waals surface area contributed by atoms with Crippen molar-refractivity contribution in [1.82, 2.24) is 5.32 Å². The molecule has 0 fully saturated rings. The summed E-state index contributed by atoms with van der Waals surface area (Å²) in [5, 5.41) is 38.4. The molecule has 0 aliphatic rings. The minimum absolute atomic E-state index is 0.171. The van der Waals surface area contributed by atoms with E-state index < -0.39 is 41.6 Å². The van der Waals surface area contributed by atoms with E-state index in [2.05, 4.69) is 5.32 Å². The normalized spacial score (nSPS) is 11.8. The van der Waals surface area contributed by atoms with E-state index in [4.69, 9.17) is 10.2 Å². The zero-order valence-corrected chi connectivity index (χ0v) is 9.33. The molecule has 0 saturated carbocycles. The van der Waals surface area contributed by atoms with Gasteiger partial charge in [0.25, 0.3) is 5.91 Å². The summed E-state index contributed by atoms with van der Waals surface area (Å²) in [5.74, 6) is -3.15. The van der Waals surface area contributed by atoms with Gasteiger partial charge in [-0.25, -0.2) is 4.79 Å². The standard InChI is InChI=1S/C11H13NO6/c13-5-4-6(11(17)18)12-10(16)9-7(14)2-1-3-8(9)15/h1-3,6,13-15H,4-5H2,(H,12,16)(H,17,18). The Bertz CT molecular complexity index is 439. The summed E-state index contributed by atoms with van der Waals surface area (Å²) in [6.45, 7) is -0.413. The van der Waals surface area contributed by atoms with E-state index in [0.29, 0.717) is 0 Å². The Morgan fingerprint density at radius 3 is 2.22 bits per heavy atom. The maximum absolute atomic E-state index is 11.7. The van der Waals surface area contributed by atoms with Crippen molar-refractivity contribution in [2.24, 2.45) is 0 Å². The number of nitrogens with one attached hydrogen (secondary N) is 1. The summed E-state index contributed by atoms with van der Waals surface area (Å²) in [4.78, 5) is 22.5. The Balaban J connectivity index is 2.90. The van der Waals surface area contributed by atoms with Gasteiger partial charge < -0.3 is 25.7 Å². The average molecular weight is 255 g/mol. The second kappa shape index (κ2) is 5.87. The molecule has 0 saturated heterocycles. The maximum atomic E-state index is 11.7. The highest BCUT2D eigenvalue weighted by atomic mass is 16.4. The van der Waals surface area contributed by atoms with Crippen molar-refractivity contribution >= 4 is 11.9 Å². The number of hydrogen-bond acceptors (Lipinski definition) is 5. The van der Waals surface area contributed by atoms with Crippen molar-refractivity contribution in [3.63, 3.8) is 0 Å². The van der Waals surface area contributed by atoms with E-state index >= 15 is 0 Å². The Labute approximate surface area is 102 Å². The van der Waals surface area contributed by atoms with Crippen LogP contribution in [0.5, 0.6) is 11.5 Å². The predicted molar refractivity (Wildman–Crippen MR) is 60.4 cm³/mol. The van der Waals surface area contributed by atoms with Crippen LogP contribution < -0.4 is 5.32 Å². The molecule has 5 N–H and O–H groups in total. The van der Waals surface area contributed by atoms with Gasteiger partial charge >= 0.3 is 5.97 Å². The zero-order valence-electron chi connectivity index (χ0n) is 9.33. The molecule has 0 aromatic heterocycles. The number of carbonyl (C=O) groups is 2. The van der Waals surface area contributed by atoms with Gasteiger partial charge in [0.2, 0.25) is 0 Å². The van der Waals surface area contributed by atoms with E-state index in [-0.39, 0.29) is 6.42 Å². The number of rotatable bonds is 5. The summed E-state index contributed by atoms with van der Waals surface area (Å²) in [6.07, 6.45) is -0.171. The van der Waals surface area contributed by atoms with E-state index in [1.807, 2.05) is 0 Å². The third-order valence-corrected chi connectivity index (χ3v) is 2.27. The molecule has 1 aromatic rings. The maximum Gasteiger partial charge on any atom is 0.326 e. The summed E-state index contributed by atoms with van der Waals surface area (Å²) >= 11 is 0. The average Bonchev–Trinajstić information content (AvgIpc) is 2.28. The van der Waals surface area contributed by atoms with Gasteiger partial charge in [0, 0.05) is 13.0 Å².